The summed E-state index contributed by atoms with van der Waals surface area (Å²) in [5, 5.41) is 7.99. The average molecular weight is 375 g/mol. The molecule has 3 aromatic rings. The average Bonchev–Trinajstić information content (AvgIpc) is 3.16. The Hall–Kier alpha value is -2.37. The molecule has 1 atom stereocenters. The number of nitrogens with one attached hydrogen (secondary N) is 2. The molecule has 0 spiro atoms. The van der Waals surface area contributed by atoms with Crippen molar-refractivity contribution in [1.29, 1.82) is 0 Å². The van der Waals surface area contributed by atoms with E-state index in [-0.39, 0.29) is 23.5 Å². The van der Waals surface area contributed by atoms with E-state index in [0.29, 0.717) is 5.69 Å². The van der Waals surface area contributed by atoms with Crippen LogP contribution in [0, 0.1) is 5.82 Å². The van der Waals surface area contributed by atoms with Gasteiger partial charge in [-0.05, 0) is 35.2 Å². The van der Waals surface area contributed by atoms with Gasteiger partial charge in [0, 0.05) is 10.6 Å². The topological polar surface area (TPSA) is 41.1 Å². The molecule has 1 aromatic heterocycles. The highest BCUT2D eigenvalue weighted by atomic mass is 35.5. The maximum atomic E-state index is 13.2. The molecule has 0 saturated carbocycles. The first-order valence-electron chi connectivity index (χ1n) is 7.70. The molecule has 3 nitrogen and oxygen atoms in total. The number of hydrogen-bond donors (Lipinski definition) is 2. The minimum absolute atomic E-state index is 0.0196. The van der Waals surface area contributed by atoms with Crippen LogP contribution >= 0.6 is 22.9 Å². The van der Waals surface area contributed by atoms with E-state index in [0.717, 1.165) is 10.4 Å². The van der Waals surface area contributed by atoms with Gasteiger partial charge in [-0.2, -0.15) is 0 Å². The number of carbonyl (C=O) groups excluding carboxylic acids is 1. The predicted octanol–water partition coefficient (Wildman–Crippen LogP) is 4.86. The Morgan fingerprint density at radius 2 is 1.92 bits per heavy atom. The molecule has 3 rings (SSSR count). The predicted molar refractivity (Wildman–Crippen MR) is 101 cm³/mol. The van der Waals surface area contributed by atoms with Crippen LogP contribution in [-0.2, 0) is 4.79 Å². The van der Waals surface area contributed by atoms with E-state index in [4.69, 9.17) is 11.6 Å². The Kier molecular flexibility index (Phi) is 5.68. The van der Waals surface area contributed by atoms with E-state index in [9.17, 15) is 9.18 Å². The zero-order valence-electron chi connectivity index (χ0n) is 13.2. The SMILES string of the molecule is O=C(CNc1ccc(F)c(Cl)c1)N[C@H](c1ccccc1)c1cccs1. The molecule has 25 heavy (non-hydrogen) atoms. The van der Waals surface area contributed by atoms with Crippen LogP contribution in [0.4, 0.5) is 10.1 Å². The summed E-state index contributed by atoms with van der Waals surface area (Å²) in [6, 6.07) is 17.8. The van der Waals surface area contributed by atoms with Gasteiger partial charge in [0.25, 0.3) is 0 Å². The number of amides is 1. The summed E-state index contributed by atoms with van der Waals surface area (Å²) < 4.78 is 13.2. The lowest BCUT2D eigenvalue weighted by Gasteiger charge is -2.18. The van der Waals surface area contributed by atoms with Gasteiger partial charge in [0.05, 0.1) is 17.6 Å². The van der Waals surface area contributed by atoms with Crippen molar-refractivity contribution < 1.29 is 9.18 Å². The van der Waals surface area contributed by atoms with Crippen LogP contribution in [0.3, 0.4) is 0 Å². The summed E-state index contributed by atoms with van der Waals surface area (Å²) in [5.41, 5.74) is 1.61. The van der Waals surface area contributed by atoms with E-state index in [2.05, 4.69) is 10.6 Å². The standard InChI is InChI=1S/C19H16ClFN2OS/c20-15-11-14(8-9-16(15)21)22-12-18(24)23-19(17-7-4-10-25-17)13-5-2-1-3-6-13/h1-11,19,22H,12H2,(H,23,24)/t19-/m1/s1. The van der Waals surface area contributed by atoms with Crippen molar-refractivity contribution in [1.82, 2.24) is 5.32 Å². The van der Waals surface area contributed by atoms with Gasteiger partial charge >= 0.3 is 0 Å². The molecule has 0 aliphatic carbocycles. The number of hydrogen-bond acceptors (Lipinski definition) is 3. The minimum Gasteiger partial charge on any atom is -0.376 e. The van der Waals surface area contributed by atoms with Gasteiger partial charge in [-0.1, -0.05) is 48.0 Å². The van der Waals surface area contributed by atoms with Gasteiger partial charge in [0.1, 0.15) is 5.82 Å². The zero-order valence-corrected chi connectivity index (χ0v) is 14.8. The van der Waals surface area contributed by atoms with Crippen molar-refractivity contribution in [3.8, 4) is 0 Å². The Bertz CT molecular complexity index is 840. The lowest BCUT2D eigenvalue weighted by atomic mass is 10.1. The van der Waals surface area contributed by atoms with E-state index in [1.54, 1.807) is 17.4 Å². The molecule has 128 valence electrons. The van der Waals surface area contributed by atoms with Gasteiger partial charge in [-0.15, -0.1) is 11.3 Å². The number of thiophene rings is 1. The maximum absolute atomic E-state index is 13.2. The van der Waals surface area contributed by atoms with Crippen LogP contribution in [0.1, 0.15) is 16.5 Å². The summed E-state index contributed by atoms with van der Waals surface area (Å²) >= 11 is 7.34. The second-order valence-corrected chi connectivity index (χ2v) is 6.80. The smallest absolute Gasteiger partial charge is 0.240 e. The van der Waals surface area contributed by atoms with Crippen LogP contribution in [0.25, 0.3) is 0 Å². The normalized spacial score (nSPS) is 11.8. The number of rotatable bonds is 6. The Labute approximate surface area is 154 Å². The van der Waals surface area contributed by atoms with Crippen molar-refractivity contribution in [2.75, 3.05) is 11.9 Å². The van der Waals surface area contributed by atoms with Crippen LogP contribution in [-0.4, -0.2) is 12.5 Å². The van der Waals surface area contributed by atoms with E-state index >= 15 is 0 Å². The summed E-state index contributed by atoms with van der Waals surface area (Å²) in [5.74, 6) is -0.652. The third kappa shape index (κ3) is 4.59. The first-order chi connectivity index (χ1) is 12.1. The molecular formula is C19H16ClFN2OS. The number of benzene rings is 2. The third-order valence-corrected chi connectivity index (χ3v) is 4.87. The van der Waals surface area contributed by atoms with Crippen LogP contribution in [0.2, 0.25) is 5.02 Å². The molecule has 0 radical (unpaired) electrons. The van der Waals surface area contributed by atoms with Crippen molar-refractivity contribution >= 4 is 34.5 Å². The second-order valence-electron chi connectivity index (χ2n) is 5.41. The molecule has 2 aromatic carbocycles. The molecule has 2 N–H and O–H groups in total. The first-order valence-corrected chi connectivity index (χ1v) is 8.96. The van der Waals surface area contributed by atoms with Crippen molar-refractivity contribution in [2.45, 2.75) is 6.04 Å². The summed E-state index contributed by atoms with van der Waals surface area (Å²) in [6.07, 6.45) is 0. The van der Waals surface area contributed by atoms with Crippen LogP contribution in [0.5, 0.6) is 0 Å². The first kappa shape index (κ1) is 17.5. The molecule has 0 fully saturated rings. The van der Waals surface area contributed by atoms with Crippen molar-refractivity contribution in [3.63, 3.8) is 0 Å². The zero-order chi connectivity index (χ0) is 17.6. The molecule has 0 unspecified atom stereocenters. The highest BCUT2D eigenvalue weighted by Gasteiger charge is 2.17. The fourth-order valence-electron chi connectivity index (χ4n) is 2.42. The molecule has 0 bridgehead atoms. The van der Waals surface area contributed by atoms with E-state index < -0.39 is 5.82 Å². The fourth-order valence-corrected chi connectivity index (χ4v) is 3.40. The number of halogens is 2. The molecule has 0 saturated heterocycles. The quantitative estimate of drug-likeness (QED) is 0.647. The highest BCUT2D eigenvalue weighted by molar-refractivity contribution is 7.10. The molecule has 0 aliphatic rings. The van der Waals surface area contributed by atoms with Gasteiger partial charge in [0.15, 0.2) is 0 Å². The monoisotopic (exact) mass is 374 g/mol. The molecule has 1 amide bonds. The Balaban J connectivity index is 1.67. The van der Waals surface area contributed by atoms with Gasteiger partial charge < -0.3 is 10.6 Å². The second kappa shape index (κ2) is 8.14. The largest absolute Gasteiger partial charge is 0.376 e. The van der Waals surface area contributed by atoms with Crippen LogP contribution in [0.15, 0.2) is 66.0 Å². The molecule has 1 heterocycles. The van der Waals surface area contributed by atoms with Gasteiger partial charge in [-0.25, -0.2) is 4.39 Å². The van der Waals surface area contributed by atoms with Gasteiger partial charge in [-0.3, -0.25) is 4.79 Å². The van der Waals surface area contributed by atoms with E-state index in [1.165, 1.54) is 12.1 Å². The van der Waals surface area contributed by atoms with Gasteiger partial charge in [0.2, 0.25) is 5.91 Å². The van der Waals surface area contributed by atoms with Crippen LogP contribution < -0.4 is 10.6 Å². The van der Waals surface area contributed by atoms with E-state index in [1.807, 2.05) is 47.8 Å². The Morgan fingerprint density at radius 1 is 1.12 bits per heavy atom. The third-order valence-electron chi connectivity index (χ3n) is 3.64. The Morgan fingerprint density at radius 3 is 2.60 bits per heavy atom. The summed E-state index contributed by atoms with van der Waals surface area (Å²) in [7, 11) is 0. The molecular weight excluding hydrogens is 359 g/mol. The van der Waals surface area contributed by atoms with Crippen molar-refractivity contribution in [3.05, 3.63) is 87.3 Å². The van der Waals surface area contributed by atoms with Crippen molar-refractivity contribution in [2.24, 2.45) is 0 Å². The maximum Gasteiger partial charge on any atom is 0.240 e. The number of carbonyl (C=O) groups is 1. The summed E-state index contributed by atoms with van der Waals surface area (Å²) in [6.45, 7) is 0.0661. The lowest BCUT2D eigenvalue weighted by molar-refractivity contribution is -0.119. The summed E-state index contributed by atoms with van der Waals surface area (Å²) in [4.78, 5) is 13.4. The number of anilines is 1. The molecule has 6 heteroatoms. The molecule has 0 aliphatic heterocycles. The fraction of sp³-hybridized carbons (Fsp3) is 0.105. The highest BCUT2D eigenvalue weighted by Crippen LogP contribution is 2.26. The minimum atomic E-state index is -0.487. The lowest BCUT2D eigenvalue weighted by Crippen LogP contribution is -2.33.